The van der Waals surface area contributed by atoms with Crippen molar-refractivity contribution >= 4 is 0 Å². The summed E-state index contributed by atoms with van der Waals surface area (Å²) in [6.07, 6.45) is 0. The minimum Gasteiger partial charge on any atom is 0 e. The largest absolute Gasteiger partial charge is 0 e. The third kappa shape index (κ3) is 15.3. The third-order valence-corrected chi connectivity index (χ3v) is 3.63. The average Bonchev–Trinajstić information content (AvgIpc) is 2.73. The summed E-state index contributed by atoms with van der Waals surface area (Å²) in [6.45, 7) is 1.65. The average molecular weight is 674 g/mol. The van der Waals surface area contributed by atoms with E-state index >= 15 is 0 Å². The molecule has 2 aromatic rings. The SMILES string of the molecule is COc1[c-]c(CN(C)C)cc(OC)c1.COc1[c-]c(CN(C)C)cc(OC)c1.[ClH+][Pd][ClH+].[Pd]. The van der Waals surface area contributed by atoms with Crippen LogP contribution in [0.1, 0.15) is 11.1 Å². The summed E-state index contributed by atoms with van der Waals surface area (Å²) in [7, 11) is 23.1. The van der Waals surface area contributed by atoms with Gasteiger partial charge in [0.05, 0.1) is 28.4 Å². The number of nitrogens with zero attached hydrogens (tertiary/aromatic N) is 2. The maximum Gasteiger partial charge on any atom is 0 e. The Morgan fingerprint density at radius 3 is 1.22 bits per heavy atom. The van der Waals surface area contributed by atoms with E-state index in [2.05, 4.69) is 41.0 Å². The number of hydrogen-bond acceptors (Lipinski definition) is 6. The minimum atomic E-state index is 0. The van der Waals surface area contributed by atoms with Crippen molar-refractivity contribution in [2.24, 2.45) is 0 Å². The van der Waals surface area contributed by atoms with Gasteiger partial charge in [0, 0.05) is 56.5 Å². The van der Waals surface area contributed by atoms with Gasteiger partial charge >= 0.3 is 35.0 Å². The van der Waals surface area contributed by atoms with Crippen molar-refractivity contribution in [1.29, 1.82) is 0 Å². The molecule has 0 unspecified atom stereocenters. The molecule has 0 saturated heterocycles. The summed E-state index contributed by atoms with van der Waals surface area (Å²) in [5.74, 6) is 3.03. The molecule has 0 saturated carbocycles. The maximum atomic E-state index is 5.16. The quantitative estimate of drug-likeness (QED) is 0.317. The zero-order valence-electron chi connectivity index (χ0n) is 19.7. The van der Waals surface area contributed by atoms with Crippen LogP contribution in [0.2, 0.25) is 0 Å². The van der Waals surface area contributed by atoms with E-state index in [1.165, 1.54) is 0 Å². The van der Waals surface area contributed by atoms with Crippen molar-refractivity contribution in [2.45, 2.75) is 13.1 Å². The standard InChI is InChI=1S/2C11H16NO2.2ClH.2Pd/c2*1-12(2)8-9-5-10(13-3)7-11(6-9)14-4;;;;/h2*5,7H,8H2,1-4H3;2*1H;;/q2*-1;;;;+2. The molecular formula is C22H34Cl2N2O4Pd2. The zero-order chi connectivity index (χ0) is 23.8. The minimum absolute atomic E-state index is 0. The number of methoxy groups -OCH3 is 4. The second-order valence-electron chi connectivity index (χ2n) is 6.76. The van der Waals surface area contributed by atoms with Crippen LogP contribution in [-0.4, -0.2) is 66.4 Å². The second-order valence-corrected chi connectivity index (χ2v) is 9.51. The number of benzene rings is 2. The molecule has 0 amide bonds. The molecule has 2 aromatic carbocycles. The van der Waals surface area contributed by atoms with E-state index in [9.17, 15) is 0 Å². The van der Waals surface area contributed by atoms with E-state index < -0.39 is 0 Å². The molecule has 0 bridgehead atoms. The van der Waals surface area contributed by atoms with Crippen LogP contribution in [0.3, 0.4) is 0 Å². The van der Waals surface area contributed by atoms with Gasteiger partial charge in [-0.05, 0) is 28.2 Å². The number of hydrogen-bond donors (Lipinski definition) is 0. The van der Waals surface area contributed by atoms with Crippen molar-refractivity contribution in [3.63, 3.8) is 0 Å². The van der Waals surface area contributed by atoms with Gasteiger partial charge in [-0.2, -0.15) is 0 Å². The van der Waals surface area contributed by atoms with Crippen LogP contribution in [0.4, 0.5) is 0 Å². The summed E-state index contributed by atoms with van der Waals surface area (Å²) in [5.41, 5.74) is 2.12. The first kappa shape index (κ1) is 33.6. The normalized spacial score (nSPS) is 9.75. The van der Waals surface area contributed by atoms with Crippen molar-refractivity contribution < 1.29 is 74.4 Å². The molecule has 0 aliphatic heterocycles. The van der Waals surface area contributed by atoms with Gasteiger partial charge in [0.1, 0.15) is 0 Å². The Morgan fingerprint density at radius 2 is 1.00 bits per heavy atom. The van der Waals surface area contributed by atoms with Crippen LogP contribution in [0, 0.1) is 31.2 Å². The fourth-order valence-corrected chi connectivity index (χ4v) is 2.45. The molecule has 2 rings (SSSR count). The van der Waals surface area contributed by atoms with Crippen molar-refractivity contribution in [3.05, 3.63) is 47.5 Å². The number of ether oxygens (including phenoxy) is 4. The van der Waals surface area contributed by atoms with Crippen LogP contribution in [-0.2, 0) is 49.5 Å². The summed E-state index contributed by atoms with van der Waals surface area (Å²) in [6, 6.07) is 13.9. The predicted molar refractivity (Wildman–Crippen MR) is 114 cm³/mol. The molecule has 0 fully saturated rings. The summed E-state index contributed by atoms with van der Waals surface area (Å²) >= 11 is 0.117. The Kier molecular flexibility index (Phi) is 20.9. The Hall–Kier alpha value is -0.535. The van der Waals surface area contributed by atoms with Crippen LogP contribution in [0.25, 0.3) is 0 Å². The Bertz CT molecular complexity index is 648. The molecular weight excluding hydrogens is 640 g/mol. The monoisotopic (exact) mass is 672 g/mol. The van der Waals surface area contributed by atoms with Gasteiger partial charge in [0.2, 0.25) is 0 Å². The van der Waals surface area contributed by atoms with Crippen LogP contribution < -0.4 is 18.9 Å². The van der Waals surface area contributed by atoms with Gasteiger partial charge in [-0.3, -0.25) is 0 Å². The molecule has 6 nitrogen and oxygen atoms in total. The van der Waals surface area contributed by atoms with Crippen LogP contribution >= 0.6 is 0 Å². The first-order chi connectivity index (χ1) is 14.7. The first-order valence-electron chi connectivity index (χ1n) is 9.15. The molecule has 0 aromatic heterocycles. The number of rotatable bonds is 8. The Balaban J connectivity index is 0. The van der Waals surface area contributed by atoms with Gasteiger partial charge in [0.25, 0.3) is 0 Å². The fraction of sp³-hybridized carbons (Fsp3) is 0.455. The fourth-order valence-electron chi connectivity index (χ4n) is 2.45. The van der Waals surface area contributed by atoms with E-state index in [-0.39, 0.29) is 36.4 Å². The predicted octanol–water partition coefficient (Wildman–Crippen LogP) is 2.59. The molecule has 0 N–H and O–H groups in total. The Morgan fingerprint density at radius 1 is 0.688 bits per heavy atom. The molecule has 0 aliphatic carbocycles. The van der Waals surface area contributed by atoms with Gasteiger partial charge in [-0.15, -0.1) is 35.4 Å². The van der Waals surface area contributed by atoms with E-state index in [1.807, 2.05) is 52.5 Å². The number of halogens is 2. The second kappa shape index (κ2) is 19.9. The molecule has 0 atom stereocenters. The van der Waals surface area contributed by atoms with Gasteiger partial charge in [-0.1, -0.05) is 12.1 Å². The smallest absolute Gasteiger partial charge is 0 e. The van der Waals surface area contributed by atoms with E-state index in [0.717, 1.165) is 35.7 Å². The Labute approximate surface area is 223 Å². The van der Waals surface area contributed by atoms with E-state index in [1.54, 1.807) is 28.4 Å². The molecule has 190 valence electrons. The summed E-state index contributed by atoms with van der Waals surface area (Å²) in [4.78, 5) is 4.15. The van der Waals surface area contributed by atoms with E-state index in [4.69, 9.17) is 18.9 Å². The molecule has 10 heteroatoms. The van der Waals surface area contributed by atoms with Crippen molar-refractivity contribution in [1.82, 2.24) is 9.80 Å². The summed E-state index contributed by atoms with van der Waals surface area (Å²) in [5, 5.41) is 0. The molecule has 32 heavy (non-hydrogen) atoms. The van der Waals surface area contributed by atoms with Gasteiger partial charge in [-0.25, -0.2) is 0 Å². The van der Waals surface area contributed by atoms with Gasteiger partial charge in [0.15, 0.2) is 0 Å². The molecule has 0 radical (unpaired) electrons. The zero-order valence-corrected chi connectivity index (χ0v) is 24.4. The van der Waals surface area contributed by atoms with E-state index in [0.29, 0.717) is 11.5 Å². The molecule has 0 spiro atoms. The van der Waals surface area contributed by atoms with Crippen LogP contribution in [0.15, 0.2) is 24.3 Å². The molecule has 0 heterocycles. The summed E-state index contributed by atoms with van der Waals surface area (Å²) < 4.78 is 20.6. The van der Waals surface area contributed by atoms with Gasteiger partial charge < -0.3 is 28.7 Å². The van der Waals surface area contributed by atoms with Crippen LogP contribution in [0.5, 0.6) is 23.0 Å². The maximum absolute atomic E-state index is 5.16. The topological polar surface area (TPSA) is 43.4 Å². The molecule has 0 aliphatic rings. The first-order valence-corrected chi connectivity index (χ1v) is 13.5. The van der Waals surface area contributed by atoms with Crippen molar-refractivity contribution in [2.75, 3.05) is 56.6 Å². The third-order valence-electron chi connectivity index (χ3n) is 3.63. The van der Waals surface area contributed by atoms with Crippen molar-refractivity contribution in [3.8, 4) is 23.0 Å².